The van der Waals surface area contributed by atoms with E-state index in [-0.39, 0.29) is 22.8 Å². The minimum absolute atomic E-state index is 0.0452. The highest BCUT2D eigenvalue weighted by Crippen LogP contribution is 2.21. The monoisotopic (exact) mass is 303 g/mol. The van der Waals surface area contributed by atoms with Crippen LogP contribution in [0.4, 0.5) is 0 Å². The van der Waals surface area contributed by atoms with Gasteiger partial charge in [0.2, 0.25) is 0 Å². The number of benzene rings is 1. The smallest absolute Gasteiger partial charge is 0.271 e. The molecule has 1 unspecified atom stereocenters. The lowest BCUT2D eigenvalue weighted by molar-refractivity contribution is 0.0926. The summed E-state index contributed by atoms with van der Waals surface area (Å²) in [6, 6.07) is 9.88. The summed E-state index contributed by atoms with van der Waals surface area (Å²) >= 11 is 5.68. The molecule has 21 heavy (non-hydrogen) atoms. The predicted octanol–water partition coefficient (Wildman–Crippen LogP) is 3.65. The zero-order valence-corrected chi connectivity index (χ0v) is 12.8. The molecule has 110 valence electrons. The number of carbonyl (C=O) groups excluding carboxylic acids is 1. The van der Waals surface area contributed by atoms with Gasteiger partial charge in [-0.2, -0.15) is 0 Å². The molecule has 0 aliphatic rings. The average molecular weight is 304 g/mol. The van der Waals surface area contributed by atoms with Crippen molar-refractivity contribution in [3.63, 3.8) is 0 Å². The van der Waals surface area contributed by atoms with Crippen molar-refractivity contribution in [1.82, 2.24) is 15.3 Å². The van der Waals surface area contributed by atoms with Gasteiger partial charge in [-0.15, -0.1) is 0 Å². The first-order chi connectivity index (χ1) is 10.1. The van der Waals surface area contributed by atoms with Crippen molar-refractivity contribution in [1.29, 1.82) is 0 Å². The lowest BCUT2D eigenvalue weighted by Crippen LogP contribution is -2.30. The van der Waals surface area contributed by atoms with E-state index in [4.69, 9.17) is 11.6 Å². The highest BCUT2D eigenvalue weighted by molar-refractivity contribution is 6.29. The number of hydrogen-bond donors (Lipinski definition) is 1. The van der Waals surface area contributed by atoms with Crippen LogP contribution in [0.3, 0.4) is 0 Å². The normalized spacial score (nSPS) is 12.2. The zero-order valence-electron chi connectivity index (χ0n) is 12.1. The summed E-state index contributed by atoms with van der Waals surface area (Å²) in [7, 11) is 0. The molecule has 0 saturated carbocycles. The molecule has 0 radical (unpaired) electrons. The fraction of sp³-hybridized carbons (Fsp3) is 0.312. The highest BCUT2D eigenvalue weighted by Gasteiger charge is 2.17. The van der Waals surface area contributed by atoms with E-state index in [1.807, 2.05) is 30.3 Å². The van der Waals surface area contributed by atoms with E-state index >= 15 is 0 Å². The van der Waals surface area contributed by atoms with Crippen LogP contribution in [0.5, 0.6) is 0 Å². The molecule has 4 nitrogen and oxygen atoms in total. The van der Waals surface area contributed by atoms with E-state index in [1.165, 1.54) is 12.4 Å². The van der Waals surface area contributed by atoms with Gasteiger partial charge in [0.25, 0.3) is 5.91 Å². The molecule has 2 aromatic rings. The average Bonchev–Trinajstić information content (AvgIpc) is 2.47. The van der Waals surface area contributed by atoms with Gasteiger partial charge < -0.3 is 5.32 Å². The van der Waals surface area contributed by atoms with Crippen LogP contribution < -0.4 is 5.32 Å². The summed E-state index contributed by atoms with van der Waals surface area (Å²) in [4.78, 5) is 20.1. The third-order valence-corrected chi connectivity index (χ3v) is 3.26. The first kappa shape index (κ1) is 15.4. The maximum Gasteiger partial charge on any atom is 0.271 e. The van der Waals surface area contributed by atoms with Gasteiger partial charge in [0.1, 0.15) is 10.8 Å². The summed E-state index contributed by atoms with van der Waals surface area (Å²) in [6.07, 6.45) is 3.61. The fourth-order valence-corrected chi connectivity index (χ4v) is 2.19. The second kappa shape index (κ2) is 7.18. The molecule has 1 amide bonds. The Bertz CT molecular complexity index is 584. The van der Waals surface area contributed by atoms with Crippen LogP contribution in [0.15, 0.2) is 42.7 Å². The van der Waals surface area contributed by atoms with Gasteiger partial charge in [-0.1, -0.05) is 55.8 Å². The van der Waals surface area contributed by atoms with E-state index in [2.05, 4.69) is 29.1 Å². The molecule has 1 aromatic heterocycles. The third kappa shape index (κ3) is 4.53. The minimum Gasteiger partial charge on any atom is -0.344 e. The Morgan fingerprint density at radius 1 is 1.19 bits per heavy atom. The molecule has 1 N–H and O–H groups in total. The van der Waals surface area contributed by atoms with Crippen LogP contribution in [-0.2, 0) is 0 Å². The number of hydrogen-bond acceptors (Lipinski definition) is 3. The van der Waals surface area contributed by atoms with Gasteiger partial charge in [-0.25, -0.2) is 9.97 Å². The topological polar surface area (TPSA) is 54.9 Å². The molecular formula is C16H18ClN3O. The van der Waals surface area contributed by atoms with E-state index < -0.39 is 0 Å². The van der Waals surface area contributed by atoms with Gasteiger partial charge in [-0.3, -0.25) is 4.79 Å². The summed E-state index contributed by atoms with van der Waals surface area (Å²) < 4.78 is 0. The quantitative estimate of drug-likeness (QED) is 0.917. The first-order valence-corrected chi connectivity index (χ1v) is 7.27. The summed E-state index contributed by atoms with van der Waals surface area (Å²) in [5, 5.41) is 3.29. The van der Waals surface area contributed by atoms with Crippen molar-refractivity contribution >= 4 is 17.5 Å². The minimum atomic E-state index is -0.242. The van der Waals surface area contributed by atoms with Crippen LogP contribution in [0, 0.1) is 5.92 Å². The van der Waals surface area contributed by atoms with Crippen molar-refractivity contribution in [3.05, 3.63) is 59.1 Å². The van der Waals surface area contributed by atoms with Gasteiger partial charge in [0, 0.05) is 0 Å². The van der Waals surface area contributed by atoms with E-state index in [0.717, 1.165) is 12.0 Å². The molecule has 0 aliphatic heterocycles. The molecule has 1 heterocycles. The van der Waals surface area contributed by atoms with Crippen molar-refractivity contribution in [2.24, 2.45) is 5.92 Å². The van der Waals surface area contributed by atoms with Crippen molar-refractivity contribution in [2.45, 2.75) is 26.3 Å². The Morgan fingerprint density at radius 2 is 1.90 bits per heavy atom. The first-order valence-electron chi connectivity index (χ1n) is 6.89. The number of carbonyl (C=O) groups is 1. The van der Waals surface area contributed by atoms with Gasteiger partial charge in [-0.05, 0) is 17.9 Å². The van der Waals surface area contributed by atoms with Crippen LogP contribution in [0.2, 0.25) is 5.15 Å². The zero-order chi connectivity index (χ0) is 15.2. The Balaban J connectivity index is 2.15. The van der Waals surface area contributed by atoms with Crippen LogP contribution in [0.1, 0.15) is 42.4 Å². The largest absolute Gasteiger partial charge is 0.344 e. The van der Waals surface area contributed by atoms with E-state index in [1.54, 1.807) is 0 Å². The predicted molar refractivity (Wildman–Crippen MR) is 83.1 cm³/mol. The van der Waals surface area contributed by atoms with Gasteiger partial charge >= 0.3 is 0 Å². The standard InChI is InChI=1S/C16H18ClN3O/c1-11(2)8-13(12-6-4-3-5-7-12)20-16(21)14-9-19-15(17)10-18-14/h3-7,9-11,13H,8H2,1-2H3,(H,20,21). The Labute approximate surface area is 129 Å². The maximum absolute atomic E-state index is 12.3. The Kier molecular flexibility index (Phi) is 5.28. The molecule has 1 aromatic carbocycles. The lowest BCUT2D eigenvalue weighted by atomic mass is 9.97. The second-order valence-electron chi connectivity index (χ2n) is 5.29. The highest BCUT2D eigenvalue weighted by atomic mass is 35.5. The van der Waals surface area contributed by atoms with Crippen LogP contribution in [0.25, 0.3) is 0 Å². The molecule has 5 heteroatoms. The number of aromatic nitrogens is 2. The van der Waals surface area contributed by atoms with E-state index in [9.17, 15) is 4.79 Å². The molecule has 2 rings (SSSR count). The van der Waals surface area contributed by atoms with Crippen molar-refractivity contribution in [2.75, 3.05) is 0 Å². The number of rotatable bonds is 5. The Morgan fingerprint density at radius 3 is 2.48 bits per heavy atom. The molecule has 1 atom stereocenters. The lowest BCUT2D eigenvalue weighted by Gasteiger charge is -2.21. The van der Waals surface area contributed by atoms with Crippen LogP contribution in [-0.4, -0.2) is 15.9 Å². The summed E-state index contributed by atoms with van der Waals surface area (Å²) in [6.45, 7) is 4.26. The maximum atomic E-state index is 12.3. The summed E-state index contributed by atoms with van der Waals surface area (Å²) in [5.74, 6) is 0.223. The van der Waals surface area contributed by atoms with Crippen LogP contribution >= 0.6 is 11.6 Å². The van der Waals surface area contributed by atoms with Gasteiger partial charge in [0.05, 0.1) is 18.4 Å². The number of halogens is 1. The third-order valence-electron chi connectivity index (χ3n) is 3.07. The van der Waals surface area contributed by atoms with Gasteiger partial charge in [0.15, 0.2) is 0 Å². The molecule has 0 saturated heterocycles. The molecule has 0 aliphatic carbocycles. The second-order valence-corrected chi connectivity index (χ2v) is 5.68. The summed E-state index contributed by atoms with van der Waals surface area (Å²) in [5.41, 5.74) is 1.35. The molecule has 0 bridgehead atoms. The molecule has 0 fully saturated rings. The number of nitrogens with one attached hydrogen (secondary N) is 1. The number of amides is 1. The van der Waals surface area contributed by atoms with Crippen molar-refractivity contribution < 1.29 is 4.79 Å². The van der Waals surface area contributed by atoms with Crippen molar-refractivity contribution in [3.8, 4) is 0 Å². The number of nitrogens with zero attached hydrogens (tertiary/aromatic N) is 2. The fourth-order valence-electron chi connectivity index (χ4n) is 2.10. The van der Waals surface area contributed by atoms with E-state index in [0.29, 0.717) is 5.92 Å². The molecular weight excluding hydrogens is 286 g/mol. The Hall–Kier alpha value is -1.94. The molecule has 0 spiro atoms. The SMILES string of the molecule is CC(C)CC(NC(=O)c1cnc(Cl)cn1)c1ccccc1.